The normalized spacial score (nSPS) is 22.6. The number of nitrogens with one attached hydrogen (secondary N) is 1. The van der Waals surface area contributed by atoms with E-state index < -0.39 is 0 Å². The maximum Gasteiger partial charge on any atom is 0.323 e. The molecule has 1 fully saturated rings. The van der Waals surface area contributed by atoms with Gasteiger partial charge in [-0.3, -0.25) is 9.69 Å². The molecular formula is C16H32N2O2. The molecule has 0 saturated carbocycles. The summed E-state index contributed by atoms with van der Waals surface area (Å²) in [7, 11) is 0. The lowest BCUT2D eigenvalue weighted by molar-refractivity contribution is -0.151. The summed E-state index contributed by atoms with van der Waals surface area (Å²) >= 11 is 0. The highest BCUT2D eigenvalue weighted by molar-refractivity contribution is 5.75. The van der Waals surface area contributed by atoms with Gasteiger partial charge in [0, 0.05) is 12.1 Å². The predicted octanol–water partition coefficient (Wildman–Crippen LogP) is 2.43. The van der Waals surface area contributed by atoms with E-state index >= 15 is 0 Å². The first kappa shape index (κ1) is 17.4. The minimum atomic E-state index is -0.0387. The lowest BCUT2D eigenvalue weighted by atomic mass is 9.99. The van der Waals surface area contributed by atoms with E-state index in [-0.39, 0.29) is 17.6 Å². The Balaban J connectivity index is 2.47. The molecule has 1 saturated heterocycles. The summed E-state index contributed by atoms with van der Waals surface area (Å²) in [6, 6.07) is -0.0270. The molecule has 0 aromatic rings. The molecule has 1 heterocycles. The highest BCUT2D eigenvalue weighted by Gasteiger charge is 2.30. The maximum absolute atomic E-state index is 12.0. The monoisotopic (exact) mass is 284 g/mol. The largest absolute Gasteiger partial charge is 0.465 e. The molecular weight excluding hydrogens is 252 g/mol. The Labute approximate surface area is 124 Å². The van der Waals surface area contributed by atoms with Crippen molar-refractivity contribution in [3.8, 4) is 0 Å². The van der Waals surface area contributed by atoms with Gasteiger partial charge in [0.25, 0.3) is 0 Å². The Morgan fingerprint density at radius 1 is 1.40 bits per heavy atom. The average Bonchev–Trinajstić information content (AvgIpc) is 2.36. The van der Waals surface area contributed by atoms with Crippen LogP contribution in [0.1, 0.15) is 53.9 Å². The van der Waals surface area contributed by atoms with Crippen molar-refractivity contribution in [1.29, 1.82) is 0 Å². The van der Waals surface area contributed by atoms with E-state index in [2.05, 4.69) is 37.9 Å². The number of rotatable bonds is 6. The fourth-order valence-corrected chi connectivity index (χ4v) is 2.66. The van der Waals surface area contributed by atoms with Gasteiger partial charge >= 0.3 is 5.97 Å². The second-order valence-electron chi connectivity index (χ2n) is 6.99. The fraction of sp³-hybridized carbons (Fsp3) is 0.938. The van der Waals surface area contributed by atoms with Crippen molar-refractivity contribution in [1.82, 2.24) is 10.2 Å². The van der Waals surface area contributed by atoms with E-state index in [1.807, 2.05) is 6.92 Å². The van der Waals surface area contributed by atoms with Gasteiger partial charge in [0.2, 0.25) is 0 Å². The van der Waals surface area contributed by atoms with Crippen LogP contribution in [0.15, 0.2) is 0 Å². The van der Waals surface area contributed by atoms with Crippen molar-refractivity contribution < 1.29 is 9.53 Å². The Kier molecular flexibility index (Phi) is 6.96. The molecule has 0 aromatic heterocycles. The van der Waals surface area contributed by atoms with Gasteiger partial charge in [-0.25, -0.2) is 0 Å². The molecule has 0 aromatic carbocycles. The summed E-state index contributed by atoms with van der Waals surface area (Å²) in [5.74, 6) is 0.493. The van der Waals surface area contributed by atoms with E-state index in [4.69, 9.17) is 4.74 Å². The molecule has 20 heavy (non-hydrogen) atoms. The molecule has 4 heteroatoms. The third-order valence-electron chi connectivity index (χ3n) is 3.70. The van der Waals surface area contributed by atoms with Crippen LogP contribution in [0.2, 0.25) is 0 Å². The molecule has 118 valence electrons. The number of hydrogen-bond donors (Lipinski definition) is 1. The van der Waals surface area contributed by atoms with Gasteiger partial charge in [-0.2, -0.15) is 0 Å². The van der Waals surface area contributed by atoms with Crippen LogP contribution in [-0.2, 0) is 9.53 Å². The fourth-order valence-electron chi connectivity index (χ4n) is 2.66. The zero-order chi connectivity index (χ0) is 15.2. The number of carbonyl (C=O) groups is 1. The number of ether oxygens (including phenoxy) is 1. The minimum absolute atomic E-state index is 0.0270. The van der Waals surface area contributed by atoms with Gasteiger partial charge in [-0.05, 0) is 59.5 Å². The molecule has 0 bridgehead atoms. The summed E-state index contributed by atoms with van der Waals surface area (Å²) in [4.78, 5) is 14.3. The second kappa shape index (κ2) is 7.99. The number of esters is 1. The van der Waals surface area contributed by atoms with E-state index in [0.29, 0.717) is 12.5 Å². The number of piperidine rings is 1. The van der Waals surface area contributed by atoms with Crippen LogP contribution in [0.5, 0.6) is 0 Å². The molecule has 1 rings (SSSR count). The van der Waals surface area contributed by atoms with E-state index in [1.54, 1.807) is 0 Å². The zero-order valence-corrected chi connectivity index (χ0v) is 13.9. The highest BCUT2D eigenvalue weighted by Crippen LogP contribution is 2.19. The smallest absolute Gasteiger partial charge is 0.323 e. The first-order valence-electron chi connectivity index (χ1n) is 7.99. The highest BCUT2D eigenvalue weighted by atomic mass is 16.5. The van der Waals surface area contributed by atoms with Crippen LogP contribution in [0, 0.1) is 5.92 Å². The first-order valence-corrected chi connectivity index (χ1v) is 7.99. The van der Waals surface area contributed by atoms with Gasteiger partial charge in [-0.1, -0.05) is 13.3 Å². The zero-order valence-electron chi connectivity index (χ0n) is 13.9. The Morgan fingerprint density at radius 2 is 2.10 bits per heavy atom. The number of likely N-dealkylation sites (tertiary alicyclic amines) is 1. The van der Waals surface area contributed by atoms with E-state index in [9.17, 15) is 4.79 Å². The Morgan fingerprint density at radius 3 is 2.70 bits per heavy atom. The minimum Gasteiger partial charge on any atom is -0.465 e. The molecule has 2 atom stereocenters. The number of carbonyl (C=O) groups excluding carboxylic acids is 1. The summed E-state index contributed by atoms with van der Waals surface area (Å²) in [5, 5.41) is 3.54. The van der Waals surface area contributed by atoms with Crippen molar-refractivity contribution in [2.75, 3.05) is 26.2 Å². The second-order valence-corrected chi connectivity index (χ2v) is 6.99. The summed E-state index contributed by atoms with van der Waals surface area (Å²) in [6.07, 6.45) is 3.27. The third-order valence-corrected chi connectivity index (χ3v) is 3.70. The molecule has 1 aliphatic heterocycles. The Bertz CT molecular complexity index is 299. The molecule has 0 aliphatic carbocycles. The summed E-state index contributed by atoms with van der Waals surface area (Å²) < 4.78 is 5.21. The van der Waals surface area contributed by atoms with Crippen molar-refractivity contribution in [2.24, 2.45) is 5.92 Å². The SMILES string of the molecule is CCOC(=O)C1CCCCN1CC(C)CNC(C)(C)C. The van der Waals surface area contributed by atoms with Gasteiger partial charge in [-0.15, -0.1) is 0 Å². The van der Waals surface area contributed by atoms with Crippen molar-refractivity contribution in [2.45, 2.75) is 65.5 Å². The van der Waals surface area contributed by atoms with Crippen LogP contribution in [0.4, 0.5) is 0 Å². The van der Waals surface area contributed by atoms with Crippen molar-refractivity contribution in [3.63, 3.8) is 0 Å². The van der Waals surface area contributed by atoms with Crippen LogP contribution in [0.25, 0.3) is 0 Å². The molecule has 0 spiro atoms. The van der Waals surface area contributed by atoms with E-state index in [0.717, 1.165) is 32.5 Å². The lowest BCUT2D eigenvalue weighted by Crippen LogP contribution is -2.49. The van der Waals surface area contributed by atoms with Crippen LogP contribution in [-0.4, -0.2) is 48.7 Å². The van der Waals surface area contributed by atoms with Crippen molar-refractivity contribution in [3.05, 3.63) is 0 Å². The van der Waals surface area contributed by atoms with Gasteiger partial charge in [0.15, 0.2) is 0 Å². The molecule has 1 N–H and O–H groups in total. The topological polar surface area (TPSA) is 41.6 Å². The van der Waals surface area contributed by atoms with Crippen LogP contribution in [0.3, 0.4) is 0 Å². The van der Waals surface area contributed by atoms with Crippen molar-refractivity contribution >= 4 is 5.97 Å². The van der Waals surface area contributed by atoms with Gasteiger partial charge in [0.05, 0.1) is 6.61 Å². The standard InChI is InChI=1S/C16H32N2O2/c1-6-20-15(19)14-9-7-8-10-18(14)12-13(2)11-17-16(3,4)5/h13-14,17H,6-12H2,1-5H3. The quantitative estimate of drug-likeness (QED) is 0.761. The van der Waals surface area contributed by atoms with E-state index in [1.165, 1.54) is 6.42 Å². The number of hydrogen-bond acceptors (Lipinski definition) is 4. The summed E-state index contributed by atoms with van der Waals surface area (Å²) in [5.41, 5.74) is 0.150. The predicted molar refractivity (Wildman–Crippen MR) is 82.8 cm³/mol. The molecule has 2 unspecified atom stereocenters. The third kappa shape index (κ3) is 6.23. The maximum atomic E-state index is 12.0. The first-order chi connectivity index (χ1) is 9.33. The summed E-state index contributed by atoms with van der Waals surface area (Å²) in [6.45, 7) is 14.1. The molecule has 0 radical (unpaired) electrons. The van der Waals surface area contributed by atoms with Gasteiger partial charge < -0.3 is 10.1 Å². The Hall–Kier alpha value is -0.610. The number of nitrogens with zero attached hydrogens (tertiary/aromatic N) is 1. The lowest BCUT2D eigenvalue weighted by Gasteiger charge is -2.36. The van der Waals surface area contributed by atoms with Crippen LogP contribution < -0.4 is 5.32 Å². The molecule has 1 aliphatic rings. The molecule has 0 amide bonds. The van der Waals surface area contributed by atoms with Gasteiger partial charge in [0.1, 0.15) is 6.04 Å². The average molecular weight is 284 g/mol. The van der Waals surface area contributed by atoms with Crippen LogP contribution >= 0.6 is 0 Å². The molecule has 4 nitrogen and oxygen atoms in total.